The Morgan fingerprint density at radius 2 is 2.00 bits per heavy atom. The van der Waals surface area contributed by atoms with Crippen LogP contribution in [-0.4, -0.2) is 11.0 Å². The van der Waals surface area contributed by atoms with Gasteiger partial charge in [-0.1, -0.05) is 6.07 Å². The molecule has 0 spiro atoms. The van der Waals surface area contributed by atoms with Gasteiger partial charge >= 0.3 is 6.03 Å². The summed E-state index contributed by atoms with van der Waals surface area (Å²) in [5.41, 5.74) is 1.36. The monoisotopic (exact) mass is 245 g/mol. The molecular formula is C13H12FN3O. The Balaban J connectivity index is 1.86. The molecule has 0 bridgehead atoms. The topological polar surface area (TPSA) is 54.0 Å². The fourth-order valence-electron chi connectivity index (χ4n) is 1.42. The fourth-order valence-corrected chi connectivity index (χ4v) is 1.42. The summed E-state index contributed by atoms with van der Waals surface area (Å²) in [6, 6.07) is 8.97. The van der Waals surface area contributed by atoms with Crippen molar-refractivity contribution < 1.29 is 9.18 Å². The third-order valence-corrected chi connectivity index (χ3v) is 2.28. The molecule has 2 N–H and O–H groups in total. The van der Waals surface area contributed by atoms with Gasteiger partial charge in [0, 0.05) is 24.6 Å². The van der Waals surface area contributed by atoms with Crippen LogP contribution in [-0.2, 0) is 6.54 Å². The van der Waals surface area contributed by atoms with Gasteiger partial charge in [-0.3, -0.25) is 4.98 Å². The molecule has 92 valence electrons. The number of nitrogens with zero attached hydrogens (tertiary/aromatic N) is 1. The van der Waals surface area contributed by atoms with E-state index < -0.39 is 0 Å². The van der Waals surface area contributed by atoms with Crippen LogP contribution in [0.1, 0.15) is 5.56 Å². The Hall–Kier alpha value is -2.43. The lowest BCUT2D eigenvalue weighted by molar-refractivity contribution is 0.251. The molecule has 0 fully saturated rings. The zero-order valence-electron chi connectivity index (χ0n) is 9.56. The zero-order valence-corrected chi connectivity index (χ0v) is 9.56. The second-order valence-electron chi connectivity index (χ2n) is 3.67. The molecule has 0 aliphatic heterocycles. The molecule has 0 radical (unpaired) electrons. The summed E-state index contributed by atoms with van der Waals surface area (Å²) < 4.78 is 12.9. The van der Waals surface area contributed by atoms with Crippen molar-refractivity contribution in [1.82, 2.24) is 10.3 Å². The van der Waals surface area contributed by atoms with Gasteiger partial charge in [0.15, 0.2) is 0 Å². The summed E-state index contributed by atoms with van der Waals surface area (Å²) in [5.74, 6) is -0.387. The summed E-state index contributed by atoms with van der Waals surface area (Å²) in [6.07, 6.45) is 3.31. The van der Waals surface area contributed by atoms with E-state index in [-0.39, 0.29) is 11.8 Å². The van der Waals surface area contributed by atoms with Gasteiger partial charge in [-0.15, -0.1) is 0 Å². The third-order valence-electron chi connectivity index (χ3n) is 2.28. The van der Waals surface area contributed by atoms with E-state index in [0.29, 0.717) is 12.2 Å². The van der Waals surface area contributed by atoms with Gasteiger partial charge in [-0.25, -0.2) is 9.18 Å². The number of urea groups is 1. The van der Waals surface area contributed by atoms with Gasteiger partial charge in [0.2, 0.25) is 0 Å². The van der Waals surface area contributed by atoms with E-state index in [0.717, 1.165) is 5.56 Å². The average molecular weight is 245 g/mol. The number of pyridine rings is 1. The Labute approximate surface area is 104 Å². The highest BCUT2D eigenvalue weighted by atomic mass is 19.1. The summed E-state index contributed by atoms with van der Waals surface area (Å²) in [5, 5.41) is 5.21. The highest BCUT2D eigenvalue weighted by Gasteiger charge is 2.02. The van der Waals surface area contributed by atoms with Crippen LogP contribution in [0.15, 0.2) is 48.8 Å². The lowest BCUT2D eigenvalue weighted by atomic mass is 10.3. The van der Waals surface area contributed by atoms with Crippen molar-refractivity contribution >= 4 is 11.7 Å². The molecular weight excluding hydrogens is 233 g/mol. The molecule has 0 aliphatic carbocycles. The lowest BCUT2D eigenvalue weighted by Gasteiger charge is -2.07. The van der Waals surface area contributed by atoms with Crippen molar-refractivity contribution in [2.45, 2.75) is 6.54 Å². The maximum Gasteiger partial charge on any atom is 0.319 e. The molecule has 18 heavy (non-hydrogen) atoms. The Morgan fingerprint density at radius 1 is 1.22 bits per heavy atom. The molecule has 0 aliphatic rings. The number of carbonyl (C=O) groups is 1. The van der Waals surface area contributed by atoms with E-state index in [4.69, 9.17) is 0 Å². The SMILES string of the molecule is O=C(NCc1ccncc1)Nc1cccc(F)c1. The Bertz CT molecular complexity index is 531. The molecule has 1 aromatic carbocycles. The fraction of sp³-hybridized carbons (Fsp3) is 0.0769. The van der Waals surface area contributed by atoms with Crippen molar-refractivity contribution in [3.63, 3.8) is 0 Å². The molecule has 1 heterocycles. The van der Waals surface area contributed by atoms with Crippen LogP contribution in [0.2, 0.25) is 0 Å². The molecule has 1 aromatic heterocycles. The minimum Gasteiger partial charge on any atom is -0.334 e. The van der Waals surface area contributed by atoms with Crippen LogP contribution in [0.4, 0.5) is 14.9 Å². The largest absolute Gasteiger partial charge is 0.334 e. The first-order chi connectivity index (χ1) is 8.74. The number of hydrogen-bond donors (Lipinski definition) is 2. The highest BCUT2D eigenvalue weighted by Crippen LogP contribution is 2.08. The quantitative estimate of drug-likeness (QED) is 0.873. The molecule has 5 heteroatoms. The molecule has 2 aromatic rings. The van der Waals surface area contributed by atoms with Crippen LogP contribution in [0.25, 0.3) is 0 Å². The van der Waals surface area contributed by atoms with Crippen LogP contribution < -0.4 is 10.6 Å². The minimum absolute atomic E-state index is 0.377. The van der Waals surface area contributed by atoms with Crippen molar-refractivity contribution in [2.75, 3.05) is 5.32 Å². The van der Waals surface area contributed by atoms with E-state index in [9.17, 15) is 9.18 Å². The molecule has 2 amide bonds. The van der Waals surface area contributed by atoms with E-state index in [2.05, 4.69) is 15.6 Å². The van der Waals surface area contributed by atoms with Crippen molar-refractivity contribution in [3.8, 4) is 0 Å². The van der Waals surface area contributed by atoms with Crippen molar-refractivity contribution in [3.05, 3.63) is 60.2 Å². The standard InChI is InChI=1S/C13H12FN3O/c14-11-2-1-3-12(8-11)17-13(18)16-9-10-4-6-15-7-5-10/h1-8H,9H2,(H2,16,17,18). The van der Waals surface area contributed by atoms with Crippen LogP contribution in [0.5, 0.6) is 0 Å². The molecule has 0 saturated heterocycles. The highest BCUT2D eigenvalue weighted by molar-refractivity contribution is 5.89. The minimum atomic E-state index is -0.387. The van der Waals surface area contributed by atoms with Gasteiger partial charge in [0.25, 0.3) is 0 Å². The first kappa shape index (κ1) is 12.0. The van der Waals surface area contributed by atoms with Gasteiger partial charge in [0.05, 0.1) is 0 Å². The smallest absolute Gasteiger partial charge is 0.319 e. The molecule has 0 saturated carbocycles. The number of benzene rings is 1. The van der Waals surface area contributed by atoms with Crippen molar-refractivity contribution in [1.29, 1.82) is 0 Å². The Morgan fingerprint density at radius 3 is 2.72 bits per heavy atom. The van der Waals surface area contributed by atoms with Crippen LogP contribution in [0.3, 0.4) is 0 Å². The summed E-state index contributed by atoms with van der Waals surface area (Å²) in [6.45, 7) is 0.393. The number of anilines is 1. The molecule has 0 atom stereocenters. The number of amides is 2. The predicted octanol–water partition coefficient (Wildman–Crippen LogP) is 2.54. The van der Waals surface area contributed by atoms with E-state index in [1.807, 2.05) is 12.1 Å². The lowest BCUT2D eigenvalue weighted by Crippen LogP contribution is -2.28. The predicted molar refractivity (Wildman–Crippen MR) is 66.5 cm³/mol. The third kappa shape index (κ3) is 3.55. The summed E-state index contributed by atoms with van der Waals surface area (Å²) >= 11 is 0. The first-order valence-electron chi connectivity index (χ1n) is 5.43. The normalized spacial score (nSPS) is 9.83. The van der Waals surface area contributed by atoms with Crippen molar-refractivity contribution in [2.24, 2.45) is 0 Å². The summed E-state index contributed by atoms with van der Waals surface area (Å²) in [7, 11) is 0. The van der Waals surface area contributed by atoms with E-state index in [1.54, 1.807) is 18.5 Å². The summed E-state index contributed by atoms with van der Waals surface area (Å²) in [4.78, 5) is 15.4. The maximum atomic E-state index is 12.9. The molecule has 0 unspecified atom stereocenters. The number of hydrogen-bond acceptors (Lipinski definition) is 2. The molecule has 2 rings (SSSR count). The second-order valence-corrected chi connectivity index (χ2v) is 3.67. The van der Waals surface area contributed by atoms with Gasteiger partial charge < -0.3 is 10.6 Å². The van der Waals surface area contributed by atoms with E-state index in [1.165, 1.54) is 18.2 Å². The van der Waals surface area contributed by atoms with Gasteiger partial charge in [0.1, 0.15) is 5.82 Å². The number of nitrogens with one attached hydrogen (secondary N) is 2. The van der Waals surface area contributed by atoms with Crippen LogP contribution in [0, 0.1) is 5.82 Å². The average Bonchev–Trinajstić information content (AvgIpc) is 2.38. The Kier molecular flexibility index (Phi) is 3.86. The number of rotatable bonds is 3. The van der Waals surface area contributed by atoms with E-state index >= 15 is 0 Å². The molecule has 4 nitrogen and oxygen atoms in total. The number of halogens is 1. The zero-order chi connectivity index (χ0) is 12.8. The van der Waals surface area contributed by atoms with Gasteiger partial charge in [-0.2, -0.15) is 0 Å². The maximum absolute atomic E-state index is 12.9. The van der Waals surface area contributed by atoms with Gasteiger partial charge in [-0.05, 0) is 35.9 Å². The van der Waals surface area contributed by atoms with Crippen LogP contribution >= 0.6 is 0 Å². The number of carbonyl (C=O) groups excluding carboxylic acids is 1. The first-order valence-corrected chi connectivity index (χ1v) is 5.43. The second kappa shape index (κ2) is 5.77. The number of aromatic nitrogens is 1.